The molecule has 2 saturated heterocycles. The maximum Gasteiger partial charge on any atom is 0.173 e. The number of hydrogen-bond donors (Lipinski definition) is 2. The Kier molecular flexibility index (Phi) is 1.42. The molecule has 2 heterocycles. The molecule has 13 heavy (non-hydrogen) atoms. The first-order valence-corrected chi connectivity index (χ1v) is 4.84. The van der Waals surface area contributed by atoms with E-state index in [-0.39, 0.29) is 18.6 Å². The van der Waals surface area contributed by atoms with Crippen LogP contribution in [0.3, 0.4) is 0 Å². The lowest BCUT2D eigenvalue weighted by Crippen LogP contribution is -2.49. The Hall–Kier alpha value is -0.160. The molecule has 0 aromatic heterocycles. The van der Waals surface area contributed by atoms with Gasteiger partial charge in [-0.25, -0.2) is 0 Å². The summed E-state index contributed by atoms with van der Waals surface area (Å²) in [4.78, 5) is 0. The van der Waals surface area contributed by atoms with E-state index in [4.69, 9.17) is 9.47 Å². The van der Waals surface area contributed by atoms with Gasteiger partial charge in [0.15, 0.2) is 5.79 Å². The Labute approximate surface area is 76.5 Å². The molecule has 2 aliphatic heterocycles. The summed E-state index contributed by atoms with van der Waals surface area (Å²) >= 11 is 0. The molecule has 1 aliphatic carbocycles. The van der Waals surface area contributed by atoms with Gasteiger partial charge in [0.1, 0.15) is 5.60 Å². The second-order valence-corrected chi connectivity index (χ2v) is 4.46. The van der Waals surface area contributed by atoms with Crippen molar-refractivity contribution in [3.63, 3.8) is 0 Å². The molecular weight excluding hydrogens is 172 g/mol. The van der Waals surface area contributed by atoms with E-state index in [0.29, 0.717) is 13.0 Å². The lowest BCUT2D eigenvalue weighted by atomic mass is 9.76. The minimum Gasteiger partial charge on any atom is -0.384 e. The van der Waals surface area contributed by atoms with Crippen LogP contribution < -0.4 is 0 Å². The van der Waals surface area contributed by atoms with Crippen LogP contribution in [0.25, 0.3) is 0 Å². The zero-order valence-electron chi connectivity index (χ0n) is 7.40. The number of aliphatic hydroxyl groups is 2. The monoisotopic (exact) mass is 186 g/mol. The van der Waals surface area contributed by atoms with Gasteiger partial charge in [-0.1, -0.05) is 0 Å². The van der Waals surface area contributed by atoms with Crippen LogP contribution in [0.4, 0.5) is 0 Å². The van der Waals surface area contributed by atoms with Crippen molar-refractivity contribution in [2.24, 2.45) is 5.92 Å². The van der Waals surface area contributed by atoms with E-state index >= 15 is 0 Å². The minimum absolute atomic E-state index is 0.00810. The fourth-order valence-electron chi connectivity index (χ4n) is 3.00. The molecule has 3 aliphatic rings. The number of ether oxygens (including phenoxy) is 2. The highest BCUT2D eigenvalue weighted by molar-refractivity contribution is 5.09. The summed E-state index contributed by atoms with van der Waals surface area (Å²) in [5.74, 6) is -1.34. The predicted molar refractivity (Wildman–Crippen MR) is 42.9 cm³/mol. The van der Waals surface area contributed by atoms with Gasteiger partial charge in [0.25, 0.3) is 0 Å². The fourth-order valence-corrected chi connectivity index (χ4v) is 3.00. The number of rotatable bonds is 0. The van der Waals surface area contributed by atoms with Crippen molar-refractivity contribution in [1.82, 2.24) is 0 Å². The lowest BCUT2D eigenvalue weighted by molar-refractivity contribution is -0.227. The normalized spacial score (nSPS) is 59.5. The summed E-state index contributed by atoms with van der Waals surface area (Å²) in [7, 11) is 0. The fraction of sp³-hybridized carbons (Fsp3) is 1.00. The molecule has 2 N–H and O–H groups in total. The van der Waals surface area contributed by atoms with Crippen LogP contribution in [0.15, 0.2) is 0 Å². The van der Waals surface area contributed by atoms with Crippen LogP contribution in [0.5, 0.6) is 0 Å². The smallest absolute Gasteiger partial charge is 0.173 e. The maximum absolute atomic E-state index is 10.1. The van der Waals surface area contributed by atoms with E-state index < -0.39 is 11.4 Å². The van der Waals surface area contributed by atoms with Crippen LogP contribution in [0, 0.1) is 5.92 Å². The van der Waals surface area contributed by atoms with Crippen LogP contribution in [0.1, 0.15) is 19.3 Å². The molecule has 3 fully saturated rings. The molecule has 0 bridgehead atoms. The summed E-state index contributed by atoms with van der Waals surface area (Å²) < 4.78 is 10.8. The molecule has 0 aromatic rings. The molecule has 4 heteroatoms. The van der Waals surface area contributed by atoms with Gasteiger partial charge in [0.05, 0.1) is 25.2 Å². The van der Waals surface area contributed by atoms with Crippen molar-refractivity contribution < 1.29 is 19.7 Å². The van der Waals surface area contributed by atoms with Crippen molar-refractivity contribution in [3.8, 4) is 0 Å². The Morgan fingerprint density at radius 2 is 2.08 bits per heavy atom. The molecular formula is C9H14O4. The first-order valence-electron chi connectivity index (χ1n) is 4.84. The highest BCUT2D eigenvalue weighted by atomic mass is 16.7. The molecule has 0 radical (unpaired) electrons. The van der Waals surface area contributed by atoms with Crippen LogP contribution in [0.2, 0.25) is 0 Å². The van der Waals surface area contributed by atoms with E-state index in [0.717, 1.165) is 12.8 Å². The topological polar surface area (TPSA) is 58.9 Å². The summed E-state index contributed by atoms with van der Waals surface area (Å²) in [6.45, 7) is 0.523. The first kappa shape index (κ1) is 8.17. The second-order valence-electron chi connectivity index (χ2n) is 4.46. The highest BCUT2D eigenvalue weighted by Crippen LogP contribution is 2.51. The van der Waals surface area contributed by atoms with Gasteiger partial charge < -0.3 is 19.7 Å². The second kappa shape index (κ2) is 2.25. The van der Waals surface area contributed by atoms with Gasteiger partial charge in [-0.2, -0.15) is 0 Å². The van der Waals surface area contributed by atoms with Gasteiger partial charge >= 0.3 is 0 Å². The molecule has 0 spiro atoms. The molecule has 74 valence electrons. The third kappa shape index (κ3) is 0.892. The molecule has 4 atom stereocenters. The summed E-state index contributed by atoms with van der Waals surface area (Å²) in [6, 6.07) is 0. The van der Waals surface area contributed by atoms with Crippen molar-refractivity contribution >= 4 is 0 Å². The van der Waals surface area contributed by atoms with Crippen molar-refractivity contribution in [3.05, 3.63) is 0 Å². The molecule has 0 unspecified atom stereocenters. The first-order chi connectivity index (χ1) is 6.14. The Morgan fingerprint density at radius 3 is 2.92 bits per heavy atom. The zero-order chi connectivity index (χ0) is 9.10. The summed E-state index contributed by atoms with van der Waals surface area (Å²) in [5.41, 5.74) is -0.931. The van der Waals surface area contributed by atoms with Crippen molar-refractivity contribution in [1.29, 1.82) is 0 Å². The van der Waals surface area contributed by atoms with E-state index in [1.807, 2.05) is 0 Å². The third-order valence-electron chi connectivity index (χ3n) is 3.58. The standard InChI is InChI=1S/C9H14O4/c10-8-4-12-6-2-1-3-9(11,7(6)8)13-5-8/h6-7,10-11H,1-5H2/t6-,7+,8-,9+/m1/s1. The van der Waals surface area contributed by atoms with Crippen LogP contribution in [-0.2, 0) is 9.47 Å². The van der Waals surface area contributed by atoms with Gasteiger partial charge in [0.2, 0.25) is 0 Å². The quantitative estimate of drug-likeness (QED) is 0.542. The van der Waals surface area contributed by atoms with Crippen LogP contribution in [-0.4, -0.2) is 40.9 Å². The average Bonchev–Trinajstić information content (AvgIpc) is 2.56. The molecule has 3 rings (SSSR count). The molecule has 1 saturated carbocycles. The average molecular weight is 186 g/mol. The number of hydrogen-bond acceptors (Lipinski definition) is 4. The van der Waals surface area contributed by atoms with Gasteiger partial charge in [-0.3, -0.25) is 0 Å². The highest BCUT2D eigenvalue weighted by Gasteiger charge is 2.65. The van der Waals surface area contributed by atoms with E-state index in [9.17, 15) is 10.2 Å². The van der Waals surface area contributed by atoms with E-state index in [2.05, 4.69) is 0 Å². The summed E-state index contributed by atoms with van der Waals surface area (Å²) in [5, 5.41) is 20.2. The largest absolute Gasteiger partial charge is 0.384 e. The Morgan fingerprint density at radius 1 is 1.23 bits per heavy atom. The Balaban J connectivity index is 2.01. The minimum atomic E-state index is -1.12. The van der Waals surface area contributed by atoms with Crippen molar-refractivity contribution in [2.45, 2.75) is 36.8 Å². The maximum atomic E-state index is 10.1. The van der Waals surface area contributed by atoms with Gasteiger partial charge in [-0.05, 0) is 12.8 Å². The Bertz CT molecular complexity index is 244. The third-order valence-corrected chi connectivity index (χ3v) is 3.58. The summed E-state index contributed by atoms with van der Waals surface area (Å²) in [6.07, 6.45) is 2.46. The molecule has 4 nitrogen and oxygen atoms in total. The van der Waals surface area contributed by atoms with Gasteiger partial charge in [-0.15, -0.1) is 0 Å². The van der Waals surface area contributed by atoms with Crippen LogP contribution >= 0.6 is 0 Å². The molecule has 0 amide bonds. The lowest BCUT2D eigenvalue weighted by Gasteiger charge is -2.36. The SMILES string of the molecule is O[C@]12CO[C@@H]3CCC[C@](O)(OC1)[C@@H]32. The van der Waals surface area contributed by atoms with E-state index in [1.54, 1.807) is 0 Å². The molecule has 0 aromatic carbocycles. The van der Waals surface area contributed by atoms with E-state index in [1.165, 1.54) is 0 Å². The zero-order valence-corrected chi connectivity index (χ0v) is 7.40. The van der Waals surface area contributed by atoms with Gasteiger partial charge in [0, 0.05) is 6.42 Å². The van der Waals surface area contributed by atoms with Crippen molar-refractivity contribution in [2.75, 3.05) is 13.2 Å². The predicted octanol–water partition coefficient (Wildman–Crippen LogP) is -0.365.